The number of benzene rings is 1. The number of oxime groups is 1. The largest absolute Gasteiger partial charge is 0.476 e. The molecule has 0 unspecified atom stereocenters. The normalized spacial score (nSPS) is 10.9. The van der Waals surface area contributed by atoms with Crippen molar-refractivity contribution < 1.29 is 19.5 Å². The summed E-state index contributed by atoms with van der Waals surface area (Å²) in [6.07, 6.45) is 0. The summed E-state index contributed by atoms with van der Waals surface area (Å²) in [5.41, 5.74) is 0.246. The fraction of sp³-hybridized carbons (Fsp3) is 0.182. The highest BCUT2D eigenvalue weighted by Gasteiger charge is 2.15. The van der Waals surface area contributed by atoms with Crippen LogP contribution in [0, 0.1) is 0 Å². The molecule has 16 heavy (non-hydrogen) atoms. The van der Waals surface area contributed by atoms with E-state index in [4.69, 9.17) is 9.94 Å². The van der Waals surface area contributed by atoms with Crippen LogP contribution < -0.4 is 0 Å². The van der Waals surface area contributed by atoms with Crippen LogP contribution in [-0.2, 0) is 21.0 Å². The monoisotopic (exact) mass is 221 g/mol. The number of rotatable bonds is 5. The highest BCUT2D eigenvalue weighted by atomic mass is 16.6. The number of carbonyl (C=O) groups excluding carboxylic acids is 1. The Kier molecular flexibility index (Phi) is 4.20. The minimum atomic E-state index is -1.39. The predicted octanol–water partition coefficient (Wildman–Crippen LogP) is 1.23. The van der Waals surface area contributed by atoms with Gasteiger partial charge in [0.05, 0.1) is 0 Å². The lowest BCUT2D eigenvalue weighted by Gasteiger charge is -2.00. The first kappa shape index (κ1) is 11.9. The number of Topliss-reactive ketones (excluding diaryl/α,β-unsaturated/α-hetero) is 1. The van der Waals surface area contributed by atoms with Gasteiger partial charge < -0.3 is 9.94 Å². The fourth-order valence-corrected chi connectivity index (χ4v) is 1.000. The zero-order chi connectivity index (χ0) is 12.0. The van der Waals surface area contributed by atoms with Gasteiger partial charge in [0, 0.05) is 6.92 Å². The number of ketones is 1. The second-order valence-corrected chi connectivity index (χ2v) is 3.06. The number of carbonyl (C=O) groups is 2. The number of nitrogens with zero attached hydrogens (tertiary/aromatic N) is 1. The lowest BCUT2D eigenvalue weighted by atomic mass is 10.2. The van der Waals surface area contributed by atoms with E-state index in [0.717, 1.165) is 12.5 Å². The van der Waals surface area contributed by atoms with Gasteiger partial charge in [-0.1, -0.05) is 35.5 Å². The first-order valence-electron chi connectivity index (χ1n) is 4.59. The smallest absolute Gasteiger partial charge is 0.361 e. The molecule has 0 fully saturated rings. The van der Waals surface area contributed by atoms with Crippen LogP contribution in [0.15, 0.2) is 35.5 Å². The van der Waals surface area contributed by atoms with E-state index in [2.05, 4.69) is 5.16 Å². The van der Waals surface area contributed by atoms with E-state index in [1.165, 1.54) is 0 Å². The standard InChI is InChI=1S/C11H11NO4/c1-8(13)10(11(14)15)12-16-7-9-5-3-2-4-6-9/h2-6H,7H2,1H3,(H,14,15)/b12-10+. The summed E-state index contributed by atoms with van der Waals surface area (Å²) in [5, 5.41) is 11.9. The molecule has 0 atom stereocenters. The van der Waals surface area contributed by atoms with Crippen molar-refractivity contribution in [2.45, 2.75) is 13.5 Å². The third-order valence-corrected chi connectivity index (χ3v) is 1.77. The summed E-state index contributed by atoms with van der Waals surface area (Å²) >= 11 is 0. The van der Waals surface area contributed by atoms with E-state index < -0.39 is 17.5 Å². The molecule has 0 aromatic heterocycles. The van der Waals surface area contributed by atoms with E-state index in [-0.39, 0.29) is 6.61 Å². The lowest BCUT2D eigenvalue weighted by molar-refractivity contribution is -0.130. The molecule has 0 amide bonds. The van der Waals surface area contributed by atoms with Gasteiger partial charge in [-0.3, -0.25) is 4.79 Å². The van der Waals surface area contributed by atoms with Crippen molar-refractivity contribution in [1.82, 2.24) is 0 Å². The Morgan fingerprint density at radius 3 is 2.44 bits per heavy atom. The maximum Gasteiger partial charge on any atom is 0.361 e. The highest BCUT2D eigenvalue weighted by molar-refractivity contribution is 6.63. The van der Waals surface area contributed by atoms with Crippen LogP contribution in [-0.4, -0.2) is 22.6 Å². The molecule has 0 saturated carbocycles. The lowest BCUT2D eigenvalue weighted by Crippen LogP contribution is -2.21. The third-order valence-electron chi connectivity index (χ3n) is 1.77. The number of hydrogen-bond acceptors (Lipinski definition) is 4. The van der Waals surface area contributed by atoms with Crippen LogP contribution in [0.4, 0.5) is 0 Å². The zero-order valence-electron chi connectivity index (χ0n) is 8.71. The molecule has 5 nitrogen and oxygen atoms in total. The Balaban J connectivity index is 2.59. The van der Waals surface area contributed by atoms with Crippen LogP contribution in [0.2, 0.25) is 0 Å². The van der Waals surface area contributed by atoms with Crippen molar-refractivity contribution in [3.8, 4) is 0 Å². The maximum atomic E-state index is 10.8. The molecule has 0 heterocycles. The molecule has 0 aliphatic heterocycles. The highest BCUT2D eigenvalue weighted by Crippen LogP contribution is 2.00. The fourth-order valence-electron chi connectivity index (χ4n) is 1.000. The molecule has 0 radical (unpaired) electrons. The Morgan fingerprint density at radius 2 is 1.94 bits per heavy atom. The number of aliphatic carboxylic acids is 1. The van der Waals surface area contributed by atoms with Crippen LogP contribution in [0.25, 0.3) is 0 Å². The SMILES string of the molecule is CC(=O)/C(=N\OCc1ccccc1)C(=O)O. The van der Waals surface area contributed by atoms with Gasteiger partial charge in [0.1, 0.15) is 6.61 Å². The van der Waals surface area contributed by atoms with Gasteiger partial charge >= 0.3 is 5.97 Å². The van der Waals surface area contributed by atoms with Gasteiger partial charge in [-0.2, -0.15) is 0 Å². The van der Waals surface area contributed by atoms with Crippen molar-refractivity contribution in [1.29, 1.82) is 0 Å². The topological polar surface area (TPSA) is 76.0 Å². The zero-order valence-corrected chi connectivity index (χ0v) is 8.71. The Bertz CT molecular complexity index is 395. The number of carboxylic acids is 1. The minimum absolute atomic E-state index is 0.130. The summed E-state index contributed by atoms with van der Waals surface area (Å²) < 4.78 is 0. The molecule has 1 aromatic carbocycles. The summed E-state index contributed by atoms with van der Waals surface area (Å²) in [6.45, 7) is 1.25. The molecule has 0 spiro atoms. The number of carboxylic acid groups (broad SMARTS) is 1. The minimum Gasteiger partial charge on any atom is -0.476 e. The molecule has 0 bridgehead atoms. The van der Waals surface area contributed by atoms with Gasteiger partial charge in [0.25, 0.3) is 0 Å². The van der Waals surface area contributed by atoms with Gasteiger partial charge in [0.2, 0.25) is 5.71 Å². The van der Waals surface area contributed by atoms with E-state index in [1.807, 2.05) is 30.3 Å². The Hall–Kier alpha value is -2.17. The molecule has 0 saturated heterocycles. The first-order chi connectivity index (χ1) is 7.61. The molecule has 1 rings (SSSR count). The van der Waals surface area contributed by atoms with E-state index in [1.54, 1.807) is 0 Å². The van der Waals surface area contributed by atoms with Gasteiger partial charge in [0.15, 0.2) is 5.78 Å². The van der Waals surface area contributed by atoms with Crippen molar-refractivity contribution in [2.24, 2.45) is 5.16 Å². The summed E-state index contributed by atoms with van der Waals surface area (Å²) in [5.74, 6) is -2.03. The molecule has 5 heteroatoms. The average Bonchev–Trinajstić information content (AvgIpc) is 2.24. The van der Waals surface area contributed by atoms with Gasteiger partial charge in [-0.25, -0.2) is 4.79 Å². The van der Waals surface area contributed by atoms with Crippen LogP contribution in [0.3, 0.4) is 0 Å². The average molecular weight is 221 g/mol. The van der Waals surface area contributed by atoms with Crippen molar-refractivity contribution in [2.75, 3.05) is 0 Å². The van der Waals surface area contributed by atoms with Crippen molar-refractivity contribution in [3.05, 3.63) is 35.9 Å². The summed E-state index contributed by atoms with van der Waals surface area (Å²) in [4.78, 5) is 26.2. The summed E-state index contributed by atoms with van der Waals surface area (Å²) in [7, 11) is 0. The quantitative estimate of drug-likeness (QED) is 0.461. The van der Waals surface area contributed by atoms with Crippen LogP contribution >= 0.6 is 0 Å². The van der Waals surface area contributed by atoms with Crippen LogP contribution in [0.5, 0.6) is 0 Å². The van der Waals surface area contributed by atoms with Crippen molar-refractivity contribution >= 4 is 17.5 Å². The molecular formula is C11H11NO4. The van der Waals surface area contributed by atoms with E-state index >= 15 is 0 Å². The Labute approximate surface area is 92.3 Å². The second-order valence-electron chi connectivity index (χ2n) is 3.06. The van der Waals surface area contributed by atoms with Gasteiger partial charge in [-0.05, 0) is 5.56 Å². The molecule has 0 aliphatic carbocycles. The second kappa shape index (κ2) is 5.65. The van der Waals surface area contributed by atoms with E-state index in [9.17, 15) is 9.59 Å². The molecule has 1 N–H and O–H groups in total. The Morgan fingerprint density at radius 1 is 1.31 bits per heavy atom. The first-order valence-corrected chi connectivity index (χ1v) is 4.59. The predicted molar refractivity (Wildman–Crippen MR) is 57.0 cm³/mol. The molecule has 0 aliphatic rings. The van der Waals surface area contributed by atoms with E-state index in [0.29, 0.717) is 0 Å². The van der Waals surface area contributed by atoms with Crippen LogP contribution in [0.1, 0.15) is 12.5 Å². The van der Waals surface area contributed by atoms with Crippen molar-refractivity contribution in [3.63, 3.8) is 0 Å². The number of hydrogen-bond donors (Lipinski definition) is 1. The van der Waals surface area contributed by atoms with Gasteiger partial charge in [-0.15, -0.1) is 0 Å². The molecular weight excluding hydrogens is 210 g/mol. The third kappa shape index (κ3) is 3.53. The summed E-state index contributed by atoms with van der Waals surface area (Å²) in [6, 6.07) is 9.12. The molecule has 1 aromatic rings. The molecule has 84 valence electrons. The maximum absolute atomic E-state index is 10.8.